The van der Waals surface area contributed by atoms with Crippen molar-refractivity contribution in [2.45, 2.75) is 71.3 Å². The number of halogens is 1. The van der Waals surface area contributed by atoms with Gasteiger partial charge in [0.15, 0.2) is 5.54 Å². The van der Waals surface area contributed by atoms with Crippen LogP contribution in [0.25, 0.3) is 0 Å². The molecule has 0 aliphatic carbocycles. The summed E-state index contributed by atoms with van der Waals surface area (Å²) in [6.45, 7) is 11.9. The molecule has 0 radical (unpaired) electrons. The number of piperidine rings is 1. The minimum atomic E-state index is -0.912. The molecule has 0 N–H and O–H groups in total. The molecule has 1 saturated heterocycles. The highest BCUT2D eigenvalue weighted by molar-refractivity contribution is 6.07. The van der Waals surface area contributed by atoms with Crippen LogP contribution in [-0.2, 0) is 10.3 Å². The van der Waals surface area contributed by atoms with E-state index in [4.69, 9.17) is 4.99 Å². The Morgan fingerprint density at radius 1 is 1.03 bits per heavy atom. The van der Waals surface area contributed by atoms with Crippen LogP contribution >= 0.6 is 0 Å². The van der Waals surface area contributed by atoms with Gasteiger partial charge in [-0.25, -0.2) is 4.39 Å². The van der Waals surface area contributed by atoms with Crippen LogP contribution in [0.15, 0.2) is 41.4 Å². The monoisotopic (exact) mass is 464 g/mol. The fourth-order valence-electron chi connectivity index (χ4n) is 5.65. The maximum atomic E-state index is 13.5. The summed E-state index contributed by atoms with van der Waals surface area (Å²) in [7, 11) is 0. The molecule has 1 aromatic carbocycles. The molecule has 2 aromatic rings. The molecule has 1 fully saturated rings. The molecule has 1 aromatic heterocycles. The number of hydrogen-bond acceptors (Lipinski definition) is 4. The Morgan fingerprint density at radius 2 is 1.74 bits per heavy atom. The fraction of sp³-hybridized carbons (Fsp3) is 0.536. The van der Waals surface area contributed by atoms with E-state index in [1.807, 2.05) is 18.7 Å². The Bertz CT molecular complexity index is 1040. The van der Waals surface area contributed by atoms with E-state index >= 15 is 0 Å². The van der Waals surface area contributed by atoms with Gasteiger partial charge < -0.3 is 4.90 Å². The van der Waals surface area contributed by atoms with Crippen LogP contribution < -0.4 is 0 Å². The first kappa shape index (κ1) is 24.5. The Hall–Kier alpha value is -2.60. The number of nitrogens with zero attached hydrogens (tertiary/aromatic N) is 4. The number of benzene rings is 1. The van der Waals surface area contributed by atoms with Crippen molar-refractivity contribution in [2.24, 2.45) is 4.99 Å². The van der Waals surface area contributed by atoms with E-state index in [0.717, 1.165) is 68.1 Å². The van der Waals surface area contributed by atoms with Gasteiger partial charge in [-0.15, -0.1) is 0 Å². The van der Waals surface area contributed by atoms with Gasteiger partial charge >= 0.3 is 0 Å². The Morgan fingerprint density at radius 3 is 2.38 bits per heavy atom. The molecular weight excluding hydrogens is 427 g/mol. The first-order chi connectivity index (χ1) is 16.3. The van der Waals surface area contributed by atoms with E-state index in [-0.39, 0.29) is 11.7 Å². The predicted molar refractivity (Wildman–Crippen MR) is 135 cm³/mol. The summed E-state index contributed by atoms with van der Waals surface area (Å²) >= 11 is 0. The molecule has 2 aliphatic heterocycles. The minimum absolute atomic E-state index is 0.0273. The number of pyridine rings is 1. The molecule has 1 atom stereocenters. The zero-order chi connectivity index (χ0) is 24.3. The van der Waals surface area contributed by atoms with E-state index in [9.17, 15) is 9.18 Å². The number of aliphatic imine (C=N–C) groups is 1. The molecule has 0 saturated carbocycles. The number of carbonyl (C=O) groups excluding carboxylic acids is 1. The van der Waals surface area contributed by atoms with Gasteiger partial charge in [-0.2, -0.15) is 0 Å². The molecule has 3 heterocycles. The van der Waals surface area contributed by atoms with E-state index in [1.165, 1.54) is 17.7 Å². The van der Waals surface area contributed by atoms with Crippen LogP contribution in [0, 0.1) is 19.7 Å². The van der Waals surface area contributed by atoms with Crippen molar-refractivity contribution in [2.75, 3.05) is 26.2 Å². The highest BCUT2D eigenvalue weighted by atomic mass is 19.1. The summed E-state index contributed by atoms with van der Waals surface area (Å²) in [6, 6.07) is 10.6. The van der Waals surface area contributed by atoms with Crippen LogP contribution in [-0.4, -0.2) is 52.7 Å². The Kier molecular flexibility index (Phi) is 7.46. The molecule has 6 heteroatoms. The molecular formula is C28H37FN4O. The molecule has 1 unspecified atom stereocenters. The van der Waals surface area contributed by atoms with E-state index in [2.05, 4.69) is 35.9 Å². The van der Waals surface area contributed by atoms with Gasteiger partial charge in [0.25, 0.3) is 5.91 Å². The Balaban J connectivity index is 1.32. The lowest BCUT2D eigenvalue weighted by atomic mass is 9.85. The number of carbonyl (C=O) groups is 1. The van der Waals surface area contributed by atoms with Crippen molar-refractivity contribution < 1.29 is 9.18 Å². The normalized spacial score (nSPS) is 21.9. The van der Waals surface area contributed by atoms with Gasteiger partial charge in [-0.05, 0) is 101 Å². The number of likely N-dealkylation sites (tertiary alicyclic amines) is 1. The third-order valence-electron chi connectivity index (χ3n) is 7.43. The van der Waals surface area contributed by atoms with Crippen molar-refractivity contribution in [1.82, 2.24) is 14.8 Å². The minimum Gasteiger partial charge on any atom is -0.303 e. The zero-order valence-corrected chi connectivity index (χ0v) is 21.0. The lowest BCUT2D eigenvalue weighted by Gasteiger charge is -2.33. The van der Waals surface area contributed by atoms with Crippen LogP contribution in [0.5, 0.6) is 0 Å². The van der Waals surface area contributed by atoms with Gasteiger partial charge in [0.05, 0.1) is 0 Å². The third-order valence-corrected chi connectivity index (χ3v) is 7.43. The maximum Gasteiger partial charge on any atom is 0.260 e. The Labute approximate surface area is 203 Å². The largest absolute Gasteiger partial charge is 0.303 e. The SMILES string of the molecule is CCCC1(c2ccc(F)cc2)N=C(C)N(CCCN2CCC(c3ccc(C)nc3C)CC2)C1=O. The smallest absolute Gasteiger partial charge is 0.260 e. The fourth-order valence-corrected chi connectivity index (χ4v) is 5.65. The van der Waals surface area contributed by atoms with Gasteiger partial charge in [-0.1, -0.05) is 31.5 Å². The first-order valence-corrected chi connectivity index (χ1v) is 12.6. The zero-order valence-electron chi connectivity index (χ0n) is 21.0. The average molecular weight is 465 g/mol. The van der Waals surface area contributed by atoms with Gasteiger partial charge in [0.2, 0.25) is 0 Å². The number of amides is 1. The van der Waals surface area contributed by atoms with Gasteiger partial charge in [0.1, 0.15) is 11.7 Å². The number of aryl methyl sites for hydroxylation is 2. The molecule has 0 spiro atoms. The second kappa shape index (κ2) is 10.3. The molecule has 5 nitrogen and oxygen atoms in total. The standard InChI is InChI=1S/C28H37FN4O/c1-5-15-28(24-8-10-25(29)11-9-24)27(34)33(22(4)31-28)17-6-16-32-18-13-23(14-19-32)26-12-7-20(2)30-21(26)3/h7-12,23H,5-6,13-19H2,1-4H3. The maximum absolute atomic E-state index is 13.5. The lowest BCUT2D eigenvalue weighted by Crippen LogP contribution is -2.42. The second-order valence-corrected chi connectivity index (χ2v) is 9.83. The van der Waals surface area contributed by atoms with Crippen molar-refractivity contribution >= 4 is 11.7 Å². The lowest BCUT2D eigenvalue weighted by molar-refractivity contribution is -0.131. The number of rotatable bonds is 8. The summed E-state index contributed by atoms with van der Waals surface area (Å²) in [5, 5.41) is 0. The molecule has 0 bridgehead atoms. The molecule has 182 valence electrons. The number of hydrogen-bond donors (Lipinski definition) is 0. The summed E-state index contributed by atoms with van der Waals surface area (Å²) < 4.78 is 13.5. The van der Waals surface area contributed by atoms with E-state index in [0.29, 0.717) is 18.9 Å². The molecule has 34 heavy (non-hydrogen) atoms. The predicted octanol–water partition coefficient (Wildman–Crippen LogP) is 5.36. The summed E-state index contributed by atoms with van der Waals surface area (Å²) in [4.78, 5) is 27.4. The molecule has 4 rings (SSSR count). The summed E-state index contributed by atoms with van der Waals surface area (Å²) in [5.41, 5.74) is 3.51. The highest BCUT2D eigenvalue weighted by Gasteiger charge is 2.47. The van der Waals surface area contributed by atoms with Gasteiger partial charge in [-0.3, -0.25) is 19.7 Å². The highest BCUT2D eigenvalue weighted by Crippen LogP contribution is 2.38. The van der Waals surface area contributed by atoms with Crippen molar-refractivity contribution in [3.63, 3.8) is 0 Å². The van der Waals surface area contributed by atoms with Crippen molar-refractivity contribution in [3.8, 4) is 0 Å². The van der Waals surface area contributed by atoms with Crippen molar-refractivity contribution in [3.05, 3.63) is 64.7 Å². The van der Waals surface area contributed by atoms with Crippen molar-refractivity contribution in [1.29, 1.82) is 0 Å². The second-order valence-electron chi connectivity index (χ2n) is 9.83. The number of amidine groups is 1. The van der Waals surface area contributed by atoms with Crippen LogP contribution in [0.2, 0.25) is 0 Å². The van der Waals surface area contributed by atoms with Crippen LogP contribution in [0.4, 0.5) is 4.39 Å². The summed E-state index contributed by atoms with van der Waals surface area (Å²) in [6.07, 6.45) is 4.68. The molecule has 1 amide bonds. The molecule has 2 aliphatic rings. The topological polar surface area (TPSA) is 48.8 Å². The summed E-state index contributed by atoms with van der Waals surface area (Å²) in [5.74, 6) is 1.09. The first-order valence-electron chi connectivity index (χ1n) is 12.6. The third kappa shape index (κ3) is 4.92. The average Bonchev–Trinajstić information content (AvgIpc) is 3.05. The van der Waals surface area contributed by atoms with Gasteiger partial charge in [0, 0.05) is 17.9 Å². The number of aromatic nitrogens is 1. The van der Waals surface area contributed by atoms with Crippen LogP contribution in [0.3, 0.4) is 0 Å². The van der Waals surface area contributed by atoms with E-state index in [1.54, 1.807) is 12.1 Å². The van der Waals surface area contributed by atoms with Crippen LogP contribution in [0.1, 0.15) is 74.4 Å². The van der Waals surface area contributed by atoms with E-state index < -0.39 is 5.54 Å². The quantitative estimate of drug-likeness (QED) is 0.528.